The van der Waals surface area contributed by atoms with Crippen molar-refractivity contribution in [2.45, 2.75) is 42.9 Å². The second-order valence-electron chi connectivity index (χ2n) is 5.39. The zero-order chi connectivity index (χ0) is 20.9. The van der Waals surface area contributed by atoms with Crippen LogP contribution in [0.5, 0.6) is 0 Å². The number of hydrogen-bond donors (Lipinski definition) is 7. The predicted molar refractivity (Wildman–Crippen MR) is 81.0 cm³/mol. The standard InChI is InChI=1S/C12H19NO13S/c13-4(2-14)8(17)10(6(16)3-24-27(21,22)23)26-12-9(18)5(15)1-7(25-12)11(19)20/h1-2,4-6,8-10,12,15-18H,3,13H2,(H,19,20)(H,21,22,23)/t4-,5-,6+,8+,9+,10+,12-/m0/s1. The molecule has 27 heavy (non-hydrogen) atoms. The summed E-state index contributed by atoms with van der Waals surface area (Å²) in [6.45, 7) is -1.17. The normalized spacial score (nSPS) is 27.6. The van der Waals surface area contributed by atoms with Crippen molar-refractivity contribution >= 4 is 22.7 Å². The minimum absolute atomic E-state index is 0.0625. The molecule has 0 amide bonds. The second-order valence-corrected chi connectivity index (χ2v) is 6.48. The lowest BCUT2D eigenvalue weighted by molar-refractivity contribution is -0.255. The number of aldehydes is 1. The third kappa shape index (κ3) is 6.76. The molecule has 1 aliphatic heterocycles. The number of carboxylic acids is 1. The van der Waals surface area contributed by atoms with Gasteiger partial charge in [-0.15, -0.1) is 0 Å². The highest BCUT2D eigenvalue weighted by Gasteiger charge is 2.41. The van der Waals surface area contributed by atoms with Gasteiger partial charge in [-0.05, 0) is 6.08 Å². The largest absolute Gasteiger partial charge is 0.475 e. The number of hydrogen-bond acceptors (Lipinski definition) is 12. The van der Waals surface area contributed by atoms with E-state index in [1.165, 1.54) is 0 Å². The molecule has 7 atom stereocenters. The molecule has 0 bridgehead atoms. The molecule has 1 aliphatic rings. The number of carbonyl (C=O) groups is 2. The van der Waals surface area contributed by atoms with Crippen molar-refractivity contribution in [1.29, 1.82) is 0 Å². The summed E-state index contributed by atoms with van der Waals surface area (Å²) in [5, 5.41) is 48.3. The number of aliphatic hydroxyl groups excluding tert-OH is 4. The minimum Gasteiger partial charge on any atom is -0.475 e. The van der Waals surface area contributed by atoms with Crippen LogP contribution in [0.4, 0.5) is 0 Å². The summed E-state index contributed by atoms with van der Waals surface area (Å²) in [6.07, 6.45) is -10.9. The zero-order valence-corrected chi connectivity index (χ0v) is 14.2. The molecule has 8 N–H and O–H groups in total. The van der Waals surface area contributed by atoms with Gasteiger partial charge in [0.2, 0.25) is 12.0 Å². The Labute approximate surface area is 152 Å². The summed E-state index contributed by atoms with van der Waals surface area (Å²) in [6, 6.07) is -1.66. The highest BCUT2D eigenvalue weighted by molar-refractivity contribution is 7.80. The van der Waals surface area contributed by atoms with Crippen molar-refractivity contribution in [3.63, 3.8) is 0 Å². The fourth-order valence-electron chi connectivity index (χ4n) is 1.98. The van der Waals surface area contributed by atoms with Crippen LogP contribution < -0.4 is 5.73 Å². The quantitative estimate of drug-likeness (QED) is 0.131. The molecule has 1 heterocycles. The van der Waals surface area contributed by atoms with Gasteiger partial charge in [0.1, 0.15) is 36.8 Å². The molecular formula is C12H19NO13S. The number of aliphatic carboxylic acids is 1. The van der Waals surface area contributed by atoms with Crippen LogP contribution in [-0.2, 0) is 33.6 Å². The van der Waals surface area contributed by atoms with Gasteiger partial charge in [-0.25, -0.2) is 8.98 Å². The first-order valence-corrected chi connectivity index (χ1v) is 8.56. The van der Waals surface area contributed by atoms with E-state index in [0.29, 0.717) is 6.08 Å². The minimum atomic E-state index is -4.98. The topological polar surface area (TPSA) is 243 Å². The first-order valence-electron chi connectivity index (χ1n) is 7.19. The van der Waals surface area contributed by atoms with Gasteiger partial charge in [-0.1, -0.05) is 0 Å². The van der Waals surface area contributed by atoms with Crippen LogP contribution >= 0.6 is 0 Å². The fourth-order valence-corrected chi connectivity index (χ4v) is 2.29. The van der Waals surface area contributed by atoms with Gasteiger partial charge in [0.15, 0.2) is 0 Å². The van der Waals surface area contributed by atoms with E-state index in [0.717, 1.165) is 0 Å². The lowest BCUT2D eigenvalue weighted by Gasteiger charge is -2.36. The SMILES string of the molecule is N[C@@H](C=O)[C@@H](O)[C@H](O[C@@H]1OC(C(=O)O)=C[C@H](O)[C@H]1O)[C@H](O)COS(=O)(=O)O. The summed E-state index contributed by atoms with van der Waals surface area (Å²) in [7, 11) is -4.98. The van der Waals surface area contributed by atoms with Crippen molar-refractivity contribution in [1.82, 2.24) is 0 Å². The second kappa shape index (κ2) is 9.49. The maximum absolute atomic E-state index is 11.0. The molecule has 0 unspecified atom stereocenters. The molecule has 0 spiro atoms. The molecule has 0 aromatic carbocycles. The van der Waals surface area contributed by atoms with E-state index >= 15 is 0 Å². The number of ether oxygens (including phenoxy) is 2. The summed E-state index contributed by atoms with van der Waals surface area (Å²) in [5.74, 6) is -2.46. The van der Waals surface area contributed by atoms with Crippen LogP contribution in [0, 0.1) is 0 Å². The van der Waals surface area contributed by atoms with Crippen molar-refractivity contribution in [2.24, 2.45) is 5.73 Å². The molecule has 0 saturated carbocycles. The molecule has 0 aromatic heterocycles. The highest BCUT2D eigenvalue weighted by atomic mass is 32.3. The van der Waals surface area contributed by atoms with Crippen molar-refractivity contribution in [3.05, 3.63) is 11.8 Å². The summed E-state index contributed by atoms with van der Waals surface area (Å²) >= 11 is 0. The molecule has 0 saturated heterocycles. The van der Waals surface area contributed by atoms with Gasteiger partial charge in [0, 0.05) is 0 Å². The molecule has 14 nitrogen and oxygen atoms in total. The van der Waals surface area contributed by atoms with Crippen molar-refractivity contribution < 1.29 is 61.7 Å². The maximum Gasteiger partial charge on any atom is 0.397 e. The van der Waals surface area contributed by atoms with Crippen molar-refractivity contribution in [2.75, 3.05) is 6.61 Å². The van der Waals surface area contributed by atoms with Gasteiger partial charge in [0.05, 0.1) is 12.6 Å². The third-order valence-electron chi connectivity index (χ3n) is 3.35. The van der Waals surface area contributed by atoms with Crippen LogP contribution in [-0.4, -0.2) is 100 Å². The first-order chi connectivity index (χ1) is 12.4. The lowest BCUT2D eigenvalue weighted by Crippen LogP contribution is -2.55. The Bertz CT molecular complexity index is 664. The fraction of sp³-hybridized carbons (Fsp3) is 0.667. The predicted octanol–water partition coefficient (Wildman–Crippen LogP) is -4.51. The Morgan fingerprint density at radius 3 is 2.44 bits per heavy atom. The van der Waals surface area contributed by atoms with E-state index in [2.05, 4.69) is 4.18 Å². The maximum atomic E-state index is 11.0. The number of rotatable bonds is 10. The zero-order valence-electron chi connectivity index (χ0n) is 13.4. The Morgan fingerprint density at radius 2 is 1.96 bits per heavy atom. The average Bonchev–Trinajstić information content (AvgIpc) is 2.58. The van der Waals surface area contributed by atoms with E-state index in [1.54, 1.807) is 0 Å². The Hall–Kier alpha value is -1.69. The summed E-state index contributed by atoms with van der Waals surface area (Å²) in [4.78, 5) is 21.7. The monoisotopic (exact) mass is 417 g/mol. The number of aliphatic hydroxyl groups is 4. The van der Waals surface area contributed by atoms with Crippen LogP contribution in [0.3, 0.4) is 0 Å². The first kappa shape index (κ1) is 23.3. The molecule has 156 valence electrons. The summed E-state index contributed by atoms with van der Waals surface area (Å²) in [5.41, 5.74) is 5.30. The lowest BCUT2D eigenvalue weighted by atomic mass is 10.0. The van der Waals surface area contributed by atoms with Gasteiger partial charge < -0.3 is 45.5 Å². The van der Waals surface area contributed by atoms with Crippen LogP contribution in [0.25, 0.3) is 0 Å². The van der Waals surface area contributed by atoms with E-state index in [9.17, 15) is 38.4 Å². The Balaban J connectivity index is 3.03. The third-order valence-corrected chi connectivity index (χ3v) is 3.79. The van der Waals surface area contributed by atoms with Gasteiger partial charge in [-0.2, -0.15) is 8.42 Å². The molecule has 1 rings (SSSR count). The average molecular weight is 417 g/mol. The number of carboxylic acid groups (broad SMARTS) is 1. The molecule has 0 fully saturated rings. The smallest absolute Gasteiger partial charge is 0.397 e. The van der Waals surface area contributed by atoms with Crippen LogP contribution in [0.15, 0.2) is 11.8 Å². The van der Waals surface area contributed by atoms with E-state index in [-0.39, 0.29) is 6.29 Å². The highest BCUT2D eigenvalue weighted by Crippen LogP contribution is 2.23. The summed E-state index contributed by atoms with van der Waals surface area (Å²) < 4.78 is 43.5. The van der Waals surface area contributed by atoms with E-state index < -0.39 is 71.6 Å². The van der Waals surface area contributed by atoms with Crippen LogP contribution in [0.1, 0.15) is 0 Å². The Kier molecular flexibility index (Phi) is 8.21. The molecular weight excluding hydrogens is 398 g/mol. The molecule has 0 radical (unpaired) electrons. The number of carbonyl (C=O) groups excluding carboxylic acids is 1. The van der Waals surface area contributed by atoms with E-state index in [4.69, 9.17) is 24.9 Å². The van der Waals surface area contributed by atoms with Gasteiger partial charge >= 0.3 is 16.4 Å². The Morgan fingerprint density at radius 1 is 1.37 bits per heavy atom. The molecule has 15 heteroatoms. The van der Waals surface area contributed by atoms with E-state index in [1.807, 2.05) is 0 Å². The number of nitrogens with two attached hydrogens (primary N) is 1. The van der Waals surface area contributed by atoms with Crippen LogP contribution in [0.2, 0.25) is 0 Å². The van der Waals surface area contributed by atoms with Gasteiger partial charge in [0.25, 0.3) is 0 Å². The molecule has 0 aromatic rings. The molecule has 0 aliphatic carbocycles. The van der Waals surface area contributed by atoms with Crippen molar-refractivity contribution in [3.8, 4) is 0 Å². The van der Waals surface area contributed by atoms with Gasteiger partial charge in [-0.3, -0.25) is 4.55 Å².